The van der Waals surface area contributed by atoms with Crippen LogP contribution in [-0.4, -0.2) is 121 Å². The maximum Gasteiger partial charge on any atom is 0.320 e. The van der Waals surface area contributed by atoms with Gasteiger partial charge in [0.2, 0.25) is 5.91 Å². The summed E-state index contributed by atoms with van der Waals surface area (Å²) in [6, 6.07) is -1.40. The summed E-state index contributed by atoms with van der Waals surface area (Å²) < 4.78 is 53.7. The van der Waals surface area contributed by atoms with E-state index in [-0.39, 0.29) is 67.1 Å². The summed E-state index contributed by atoms with van der Waals surface area (Å²) in [6.45, 7) is 12.5. The average Bonchev–Trinajstić information content (AvgIpc) is 2.99. The van der Waals surface area contributed by atoms with E-state index in [4.69, 9.17) is 4.74 Å². The minimum absolute atomic E-state index is 0.0304. The molecule has 6 aliphatic rings. The first kappa shape index (κ1) is 32.1. The number of hydrogen-bond acceptors (Lipinski definition) is 6. The van der Waals surface area contributed by atoms with Crippen LogP contribution in [0.3, 0.4) is 0 Å². The van der Waals surface area contributed by atoms with Crippen molar-refractivity contribution in [2.75, 3.05) is 32.8 Å². The highest BCUT2D eigenvalue weighted by Gasteiger charge is 2.58. The van der Waals surface area contributed by atoms with E-state index in [1.54, 1.807) is 4.90 Å². The molecular formula is C32H51F3N6O3. The number of fused-ring (bicyclic) bond motifs is 5. The molecule has 5 aliphatic heterocycles. The summed E-state index contributed by atoms with van der Waals surface area (Å²) in [4.78, 5) is 32.6. The number of piperidine rings is 2. The Labute approximate surface area is 259 Å². The molecule has 6 fully saturated rings. The molecule has 248 valence electrons. The second-order valence-corrected chi connectivity index (χ2v) is 14.4. The van der Waals surface area contributed by atoms with Crippen LogP contribution in [0.25, 0.3) is 0 Å². The van der Waals surface area contributed by atoms with E-state index in [0.717, 1.165) is 19.4 Å². The van der Waals surface area contributed by atoms with Gasteiger partial charge < -0.3 is 25.2 Å². The number of nitrogens with zero attached hydrogens (tertiary/aromatic N) is 3. The van der Waals surface area contributed by atoms with E-state index in [1.807, 2.05) is 11.8 Å². The smallest absolute Gasteiger partial charge is 0.320 e. The topological polar surface area (TPSA) is 89.2 Å². The number of rotatable bonds is 3. The van der Waals surface area contributed by atoms with Crippen molar-refractivity contribution in [1.29, 1.82) is 0 Å². The Morgan fingerprint density at radius 3 is 2.57 bits per heavy atom. The molecule has 6 rings (SSSR count). The number of nitrogens with one attached hydrogen (secondary N) is 3. The molecule has 0 spiro atoms. The maximum atomic E-state index is 16.5. The van der Waals surface area contributed by atoms with Crippen LogP contribution in [0.1, 0.15) is 59.3 Å². The molecule has 5 heterocycles. The monoisotopic (exact) mass is 624 g/mol. The fraction of sp³-hybridized carbons (Fsp3) is 0.875. The minimum atomic E-state index is -1.45. The van der Waals surface area contributed by atoms with Crippen molar-refractivity contribution >= 4 is 11.9 Å². The average molecular weight is 625 g/mol. The lowest BCUT2D eigenvalue weighted by Crippen LogP contribution is -2.80. The van der Waals surface area contributed by atoms with Gasteiger partial charge in [-0.25, -0.2) is 18.0 Å². The Hall–Kier alpha value is -1.89. The molecule has 0 aromatic rings. The summed E-state index contributed by atoms with van der Waals surface area (Å²) in [6.07, 6.45) is -2.37. The molecule has 12 unspecified atom stereocenters. The minimum Gasteiger partial charge on any atom is -0.375 e. The third kappa shape index (κ3) is 5.77. The van der Waals surface area contributed by atoms with Crippen LogP contribution >= 0.6 is 0 Å². The normalized spacial score (nSPS) is 45.3. The lowest BCUT2D eigenvalue weighted by Gasteiger charge is -2.60. The zero-order chi connectivity index (χ0) is 31.3. The quantitative estimate of drug-likeness (QED) is 0.419. The molecule has 0 aromatic carbocycles. The lowest BCUT2D eigenvalue weighted by atomic mass is 9.72. The lowest BCUT2D eigenvalue weighted by molar-refractivity contribution is -0.140. The van der Waals surface area contributed by atoms with Gasteiger partial charge in [-0.05, 0) is 69.9 Å². The molecule has 0 radical (unpaired) electrons. The van der Waals surface area contributed by atoms with Crippen molar-refractivity contribution in [2.24, 2.45) is 23.7 Å². The Balaban J connectivity index is 1.38. The predicted octanol–water partition coefficient (Wildman–Crippen LogP) is 2.97. The SMILES string of the molecule is C=CC(=O)N1CCN(C2NC(=O)N3C4NC(C(F)CC42)C2C(F)CCC(F)C2OCCCC2CCNC(C(C)C)C23)[C@@H](C)C1. The Kier molecular flexibility index (Phi) is 9.53. The number of hydrogen-bond donors (Lipinski definition) is 3. The van der Waals surface area contributed by atoms with Gasteiger partial charge >= 0.3 is 6.03 Å². The molecule has 5 saturated heterocycles. The third-order valence-corrected chi connectivity index (χ3v) is 11.5. The van der Waals surface area contributed by atoms with Crippen LogP contribution in [0.4, 0.5) is 18.0 Å². The number of carbonyl (C=O) groups excluding carboxylic acids is 2. The van der Waals surface area contributed by atoms with Gasteiger partial charge in [0.25, 0.3) is 0 Å². The molecular weight excluding hydrogens is 573 g/mol. The molecule has 0 aromatic heterocycles. The Morgan fingerprint density at radius 2 is 1.84 bits per heavy atom. The van der Waals surface area contributed by atoms with Crippen molar-refractivity contribution in [3.8, 4) is 0 Å². The Morgan fingerprint density at radius 1 is 1.07 bits per heavy atom. The summed E-state index contributed by atoms with van der Waals surface area (Å²) >= 11 is 0. The van der Waals surface area contributed by atoms with Gasteiger partial charge in [0.15, 0.2) is 0 Å². The van der Waals surface area contributed by atoms with E-state index in [0.29, 0.717) is 32.7 Å². The van der Waals surface area contributed by atoms with E-state index < -0.39 is 48.9 Å². The molecule has 1 aliphatic carbocycles. The van der Waals surface area contributed by atoms with Crippen LogP contribution in [0.5, 0.6) is 0 Å². The highest BCUT2D eigenvalue weighted by Crippen LogP contribution is 2.44. The van der Waals surface area contributed by atoms with Gasteiger partial charge in [-0.1, -0.05) is 20.4 Å². The van der Waals surface area contributed by atoms with Crippen LogP contribution in [0, 0.1) is 23.7 Å². The third-order valence-electron chi connectivity index (χ3n) is 11.5. The molecule has 9 nitrogen and oxygen atoms in total. The fourth-order valence-electron chi connectivity index (χ4n) is 9.40. The van der Waals surface area contributed by atoms with Gasteiger partial charge in [0.1, 0.15) is 18.5 Å². The van der Waals surface area contributed by atoms with Gasteiger partial charge in [-0.15, -0.1) is 0 Å². The van der Waals surface area contributed by atoms with E-state index in [2.05, 4.69) is 41.3 Å². The van der Waals surface area contributed by atoms with E-state index >= 15 is 13.2 Å². The van der Waals surface area contributed by atoms with Crippen LogP contribution < -0.4 is 16.0 Å². The molecule has 13 atom stereocenters. The molecule has 12 heteroatoms. The number of alkyl halides is 3. The number of amides is 3. The number of halogens is 3. The summed E-state index contributed by atoms with van der Waals surface area (Å²) in [7, 11) is 0. The van der Waals surface area contributed by atoms with Crippen LogP contribution in [-0.2, 0) is 9.53 Å². The highest BCUT2D eigenvalue weighted by molar-refractivity contribution is 5.87. The standard InChI is InChI=1S/C32H51F3N6O3/c1-5-24(42)39-12-13-40(18(4)16-39)30-20-15-23(35)27-25-21(33)8-9-22(34)29(25)44-14-6-7-19-10-11-36-26(17(2)3)28(19)41(31(20)37-27)32(43)38-30/h5,17-23,25-31,36-37H,1,6-16H2,2-4H3,(H,38,43)/t18-,19?,20?,21?,22?,23?,25?,26?,27?,28?,29?,30?,31?/m0/s1. The summed E-state index contributed by atoms with van der Waals surface area (Å²) in [5.41, 5.74) is 0. The second kappa shape index (κ2) is 13.1. The van der Waals surface area contributed by atoms with Crippen molar-refractivity contribution in [3.05, 3.63) is 12.7 Å². The van der Waals surface area contributed by atoms with Crippen LogP contribution in [0.15, 0.2) is 12.7 Å². The molecule has 1 saturated carbocycles. The van der Waals surface area contributed by atoms with Crippen molar-refractivity contribution in [1.82, 2.24) is 30.7 Å². The van der Waals surface area contributed by atoms with Crippen molar-refractivity contribution in [2.45, 2.75) is 120 Å². The van der Waals surface area contributed by atoms with Crippen LogP contribution in [0.2, 0.25) is 0 Å². The molecule has 3 N–H and O–H groups in total. The number of piperazine rings is 1. The first-order valence-electron chi connectivity index (χ1n) is 16.9. The first-order chi connectivity index (χ1) is 21.1. The first-order valence-corrected chi connectivity index (χ1v) is 16.9. The van der Waals surface area contributed by atoms with Gasteiger partial charge in [-0.3, -0.25) is 15.0 Å². The van der Waals surface area contributed by atoms with Crippen molar-refractivity contribution in [3.63, 3.8) is 0 Å². The summed E-state index contributed by atoms with van der Waals surface area (Å²) in [5.74, 6) is -1.03. The van der Waals surface area contributed by atoms with Gasteiger partial charge in [0, 0.05) is 56.2 Å². The zero-order valence-corrected chi connectivity index (χ0v) is 26.3. The number of urea groups is 1. The van der Waals surface area contributed by atoms with E-state index in [1.165, 1.54) is 6.08 Å². The number of ether oxygens (including phenoxy) is 1. The highest BCUT2D eigenvalue weighted by atomic mass is 19.1. The molecule has 44 heavy (non-hydrogen) atoms. The van der Waals surface area contributed by atoms with Gasteiger partial charge in [0.05, 0.1) is 24.5 Å². The number of carbonyl (C=O) groups is 2. The van der Waals surface area contributed by atoms with E-state index in [9.17, 15) is 9.59 Å². The fourth-order valence-corrected chi connectivity index (χ4v) is 9.40. The second-order valence-electron chi connectivity index (χ2n) is 14.4. The largest absolute Gasteiger partial charge is 0.375 e. The molecule has 2 bridgehead atoms. The van der Waals surface area contributed by atoms with Crippen molar-refractivity contribution < 1.29 is 27.5 Å². The Bertz CT molecular complexity index is 1070. The summed E-state index contributed by atoms with van der Waals surface area (Å²) in [5, 5.41) is 10.5. The predicted molar refractivity (Wildman–Crippen MR) is 161 cm³/mol. The van der Waals surface area contributed by atoms with Gasteiger partial charge in [-0.2, -0.15) is 0 Å². The molecule has 3 amide bonds. The zero-order valence-electron chi connectivity index (χ0n) is 26.3. The maximum absolute atomic E-state index is 16.5.